The van der Waals surface area contributed by atoms with E-state index in [1.165, 1.54) is 7.11 Å². The van der Waals surface area contributed by atoms with Crippen LogP contribution >= 0.6 is 0 Å². The molecule has 0 aliphatic heterocycles. The maximum absolute atomic E-state index is 12.8. The number of aromatic nitrogens is 3. The third-order valence-corrected chi connectivity index (χ3v) is 4.07. The molecule has 0 fully saturated rings. The Morgan fingerprint density at radius 1 is 1.39 bits per heavy atom. The van der Waals surface area contributed by atoms with E-state index in [1.54, 1.807) is 24.7 Å². The fourth-order valence-corrected chi connectivity index (χ4v) is 2.58. The van der Waals surface area contributed by atoms with Crippen LogP contribution in [0.5, 0.6) is 0 Å². The van der Waals surface area contributed by atoms with Gasteiger partial charge in [-0.2, -0.15) is 5.10 Å². The van der Waals surface area contributed by atoms with Crippen molar-refractivity contribution in [2.75, 3.05) is 7.11 Å². The highest BCUT2D eigenvalue weighted by Crippen LogP contribution is 2.23. The number of aryl methyl sites for hydroxylation is 3. The third-order valence-electron chi connectivity index (χ3n) is 4.07. The molecule has 0 saturated carbocycles. The monoisotopic (exact) mass is 318 g/mol. The molecule has 0 aliphatic rings. The van der Waals surface area contributed by atoms with E-state index in [-0.39, 0.29) is 5.91 Å². The first-order chi connectivity index (χ1) is 10.7. The smallest absolute Gasteiger partial charge is 0.331 e. The zero-order valence-corrected chi connectivity index (χ0v) is 14.4. The van der Waals surface area contributed by atoms with Crippen molar-refractivity contribution in [1.82, 2.24) is 20.1 Å². The van der Waals surface area contributed by atoms with Gasteiger partial charge in [0, 0.05) is 12.7 Å². The fourth-order valence-electron chi connectivity index (χ4n) is 2.58. The minimum absolute atomic E-state index is 0.341. The summed E-state index contributed by atoms with van der Waals surface area (Å²) in [5.74, 6) is -0.815. The molecule has 0 saturated heterocycles. The van der Waals surface area contributed by atoms with Gasteiger partial charge in [-0.05, 0) is 33.3 Å². The molecule has 0 radical (unpaired) electrons. The van der Waals surface area contributed by atoms with E-state index in [2.05, 4.69) is 15.4 Å². The molecule has 7 heteroatoms. The summed E-state index contributed by atoms with van der Waals surface area (Å²) in [7, 11) is 3.09. The molecule has 0 bridgehead atoms. The van der Waals surface area contributed by atoms with Crippen molar-refractivity contribution in [2.24, 2.45) is 7.05 Å². The van der Waals surface area contributed by atoms with Crippen molar-refractivity contribution in [3.8, 4) is 0 Å². The molecular formula is C16H22N4O3. The van der Waals surface area contributed by atoms with Crippen LogP contribution in [0.4, 0.5) is 0 Å². The van der Waals surface area contributed by atoms with Gasteiger partial charge in [-0.1, -0.05) is 6.92 Å². The molecule has 1 amide bonds. The minimum Gasteiger partial charge on any atom is -0.467 e. The van der Waals surface area contributed by atoms with Gasteiger partial charge < -0.3 is 10.1 Å². The van der Waals surface area contributed by atoms with Crippen molar-refractivity contribution >= 4 is 22.9 Å². The van der Waals surface area contributed by atoms with Gasteiger partial charge in [-0.3, -0.25) is 9.48 Å². The van der Waals surface area contributed by atoms with Gasteiger partial charge in [-0.15, -0.1) is 0 Å². The first-order valence-corrected chi connectivity index (χ1v) is 7.45. The maximum atomic E-state index is 12.8. The summed E-state index contributed by atoms with van der Waals surface area (Å²) in [4.78, 5) is 29.2. The van der Waals surface area contributed by atoms with Crippen LogP contribution < -0.4 is 5.32 Å². The fraction of sp³-hybridized carbons (Fsp3) is 0.500. The van der Waals surface area contributed by atoms with Crippen LogP contribution in [-0.4, -0.2) is 39.3 Å². The highest BCUT2D eigenvalue weighted by Gasteiger charge is 2.35. The van der Waals surface area contributed by atoms with Crippen LogP contribution in [0.3, 0.4) is 0 Å². The van der Waals surface area contributed by atoms with E-state index in [1.807, 2.05) is 20.8 Å². The summed E-state index contributed by atoms with van der Waals surface area (Å²) in [6.07, 6.45) is 0.421. The second-order valence-electron chi connectivity index (χ2n) is 5.85. The van der Waals surface area contributed by atoms with Gasteiger partial charge in [-0.25, -0.2) is 9.78 Å². The van der Waals surface area contributed by atoms with Gasteiger partial charge in [0.25, 0.3) is 5.91 Å². The normalized spacial score (nSPS) is 13.7. The van der Waals surface area contributed by atoms with E-state index >= 15 is 0 Å². The molecule has 2 aromatic heterocycles. The lowest BCUT2D eigenvalue weighted by Gasteiger charge is -2.26. The molecule has 23 heavy (non-hydrogen) atoms. The molecule has 1 N–H and O–H groups in total. The maximum Gasteiger partial charge on any atom is 0.331 e. The van der Waals surface area contributed by atoms with E-state index in [0.29, 0.717) is 28.7 Å². The lowest BCUT2D eigenvalue weighted by Crippen LogP contribution is -2.52. The van der Waals surface area contributed by atoms with Crippen molar-refractivity contribution in [1.29, 1.82) is 0 Å². The number of rotatable bonds is 4. The lowest BCUT2D eigenvalue weighted by molar-refractivity contribution is -0.147. The van der Waals surface area contributed by atoms with Crippen molar-refractivity contribution in [3.63, 3.8) is 0 Å². The molecule has 2 aromatic rings. The third kappa shape index (κ3) is 2.91. The predicted molar refractivity (Wildman–Crippen MR) is 86.2 cm³/mol. The predicted octanol–water partition coefficient (Wildman–Crippen LogP) is 1.66. The van der Waals surface area contributed by atoms with Gasteiger partial charge >= 0.3 is 5.97 Å². The average molecular weight is 318 g/mol. The molecule has 1 atom stereocenters. The highest BCUT2D eigenvalue weighted by molar-refractivity contribution is 6.08. The molecular weight excluding hydrogens is 296 g/mol. The Kier molecular flexibility index (Phi) is 4.40. The van der Waals surface area contributed by atoms with Crippen LogP contribution in [0.15, 0.2) is 6.07 Å². The number of amides is 1. The minimum atomic E-state index is -1.08. The number of carbonyl (C=O) groups is 2. The van der Waals surface area contributed by atoms with Crippen LogP contribution in [0.25, 0.3) is 11.0 Å². The number of esters is 1. The number of methoxy groups -OCH3 is 1. The topological polar surface area (TPSA) is 86.1 Å². The van der Waals surface area contributed by atoms with Crippen molar-refractivity contribution in [2.45, 2.75) is 39.7 Å². The molecule has 124 valence electrons. The van der Waals surface area contributed by atoms with Gasteiger partial charge in [0.15, 0.2) is 5.65 Å². The van der Waals surface area contributed by atoms with Crippen LogP contribution in [-0.2, 0) is 16.6 Å². The standard InChI is InChI=1S/C16H22N4O3/c1-7-16(4,15(22)23-6)18-14(21)11-8-9(2)17-13-12(11)10(3)19-20(13)5/h8H,7H2,1-6H3,(H,18,21)/t16-/m0/s1. The van der Waals surface area contributed by atoms with Crippen LogP contribution in [0, 0.1) is 13.8 Å². The summed E-state index contributed by atoms with van der Waals surface area (Å²) in [5, 5.41) is 7.81. The number of pyridine rings is 1. The Hall–Kier alpha value is -2.44. The zero-order valence-electron chi connectivity index (χ0n) is 14.4. The highest BCUT2D eigenvalue weighted by atomic mass is 16.5. The van der Waals surface area contributed by atoms with E-state index in [4.69, 9.17) is 4.74 Å². The summed E-state index contributed by atoms with van der Waals surface area (Å²) in [6, 6.07) is 1.71. The second kappa shape index (κ2) is 5.98. The molecule has 2 heterocycles. The number of fused-ring (bicyclic) bond motifs is 1. The Bertz CT molecular complexity index is 781. The quantitative estimate of drug-likeness (QED) is 0.866. The SMILES string of the molecule is CC[C@](C)(NC(=O)c1cc(C)nc2c1c(C)nn2C)C(=O)OC. The molecule has 2 rings (SSSR count). The molecule has 7 nitrogen and oxygen atoms in total. The first-order valence-electron chi connectivity index (χ1n) is 7.45. The molecule has 0 aromatic carbocycles. The van der Waals surface area contributed by atoms with Gasteiger partial charge in [0.1, 0.15) is 5.54 Å². The Morgan fingerprint density at radius 2 is 2.04 bits per heavy atom. The van der Waals surface area contributed by atoms with Crippen molar-refractivity contribution < 1.29 is 14.3 Å². The average Bonchev–Trinajstić information content (AvgIpc) is 2.79. The number of carbonyl (C=O) groups excluding carboxylic acids is 2. The number of hydrogen-bond acceptors (Lipinski definition) is 5. The summed E-state index contributed by atoms with van der Waals surface area (Å²) in [5.41, 5.74) is 1.45. The molecule has 0 spiro atoms. The van der Waals surface area contributed by atoms with Crippen molar-refractivity contribution in [3.05, 3.63) is 23.0 Å². The number of ether oxygens (including phenoxy) is 1. The lowest BCUT2D eigenvalue weighted by atomic mass is 9.98. The Labute approximate surface area is 135 Å². The second-order valence-corrected chi connectivity index (χ2v) is 5.85. The largest absolute Gasteiger partial charge is 0.467 e. The number of nitrogens with zero attached hydrogens (tertiary/aromatic N) is 3. The number of hydrogen-bond donors (Lipinski definition) is 1. The summed E-state index contributed by atoms with van der Waals surface area (Å²) < 4.78 is 6.45. The van der Waals surface area contributed by atoms with Crippen LogP contribution in [0.2, 0.25) is 0 Å². The summed E-state index contributed by atoms with van der Waals surface area (Å²) >= 11 is 0. The van der Waals surface area contributed by atoms with Crippen LogP contribution in [0.1, 0.15) is 42.0 Å². The first kappa shape index (κ1) is 16.9. The Balaban J connectivity index is 2.52. The summed E-state index contributed by atoms with van der Waals surface area (Å²) in [6.45, 7) is 7.12. The van der Waals surface area contributed by atoms with E-state index in [0.717, 1.165) is 5.69 Å². The van der Waals surface area contributed by atoms with Gasteiger partial charge in [0.05, 0.1) is 23.8 Å². The molecule has 0 aliphatic carbocycles. The number of nitrogens with one attached hydrogen (secondary N) is 1. The zero-order chi connectivity index (χ0) is 17.4. The van der Waals surface area contributed by atoms with E-state index in [9.17, 15) is 9.59 Å². The van der Waals surface area contributed by atoms with E-state index < -0.39 is 11.5 Å². The Morgan fingerprint density at radius 3 is 2.61 bits per heavy atom. The molecule has 0 unspecified atom stereocenters. The van der Waals surface area contributed by atoms with Gasteiger partial charge in [0.2, 0.25) is 0 Å².